The van der Waals surface area contributed by atoms with Crippen LogP contribution in [0.2, 0.25) is 0 Å². The van der Waals surface area contributed by atoms with E-state index in [2.05, 4.69) is 9.47 Å². The van der Waals surface area contributed by atoms with Gasteiger partial charge in [-0.15, -0.1) is 0 Å². The summed E-state index contributed by atoms with van der Waals surface area (Å²) in [7, 11) is -1.68. The van der Waals surface area contributed by atoms with Crippen LogP contribution < -0.4 is 4.74 Å². The molecular weight excluding hydrogens is 390 g/mol. The number of hydrogen-bond acceptors (Lipinski definition) is 8. The summed E-state index contributed by atoms with van der Waals surface area (Å²) in [5.41, 5.74) is 0. The monoisotopic (exact) mass is 415 g/mol. The highest BCUT2D eigenvalue weighted by Crippen LogP contribution is 2.31. The van der Waals surface area contributed by atoms with Gasteiger partial charge in [-0.05, 0) is 44.0 Å². The summed E-state index contributed by atoms with van der Waals surface area (Å²) in [6, 6.07) is 5.17. The van der Waals surface area contributed by atoms with Crippen molar-refractivity contribution < 1.29 is 37.3 Å². The first kappa shape index (κ1) is 22.1. The molecule has 2 atom stereocenters. The minimum absolute atomic E-state index is 0.0303. The van der Waals surface area contributed by atoms with E-state index in [9.17, 15) is 23.1 Å². The standard InChI is InChI=1S/C18H25NO8S/c1-4-27-14-5-7-15(8-6-14)28(23,24)19-11-13(20)9-12(19)10-16(17(21)25-2)18(22)26-3/h5-8,12-13,16,20H,4,9-11H2,1-3H3/t12-,13+/m1/s1. The molecule has 0 aromatic heterocycles. The number of esters is 2. The van der Waals surface area contributed by atoms with Gasteiger partial charge in [0, 0.05) is 12.6 Å². The predicted molar refractivity (Wildman–Crippen MR) is 98.1 cm³/mol. The minimum Gasteiger partial charge on any atom is -0.494 e. The molecule has 1 aromatic carbocycles. The fourth-order valence-electron chi connectivity index (χ4n) is 3.23. The number of benzene rings is 1. The normalized spacial score (nSPS) is 20.2. The molecule has 1 aromatic rings. The summed E-state index contributed by atoms with van der Waals surface area (Å²) in [5.74, 6) is -2.36. The molecule has 0 spiro atoms. The maximum atomic E-state index is 13.1. The third kappa shape index (κ3) is 4.81. The van der Waals surface area contributed by atoms with Gasteiger partial charge < -0.3 is 19.3 Å². The van der Waals surface area contributed by atoms with Gasteiger partial charge in [0.05, 0.1) is 31.8 Å². The summed E-state index contributed by atoms with van der Waals surface area (Å²) in [6.07, 6.45) is -0.952. The summed E-state index contributed by atoms with van der Waals surface area (Å²) in [4.78, 5) is 23.9. The van der Waals surface area contributed by atoms with Crippen LogP contribution in [0, 0.1) is 5.92 Å². The molecule has 0 radical (unpaired) electrons. The van der Waals surface area contributed by atoms with Gasteiger partial charge in [0.15, 0.2) is 5.92 Å². The molecule has 9 nitrogen and oxygen atoms in total. The smallest absolute Gasteiger partial charge is 0.320 e. The molecule has 156 valence electrons. The lowest BCUT2D eigenvalue weighted by molar-refractivity contribution is -0.159. The van der Waals surface area contributed by atoms with E-state index in [-0.39, 0.29) is 24.3 Å². The van der Waals surface area contributed by atoms with Crippen LogP contribution in [0.1, 0.15) is 19.8 Å². The largest absolute Gasteiger partial charge is 0.494 e. The lowest BCUT2D eigenvalue weighted by atomic mass is 9.98. The summed E-state index contributed by atoms with van der Waals surface area (Å²) in [5, 5.41) is 10.0. The lowest BCUT2D eigenvalue weighted by Gasteiger charge is -2.25. The number of β-amino-alcohol motifs (C(OH)–C–C–N with tert-alkyl or cyclic N) is 1. The third-order valence-corrected chi connectivity index (χ3v) is 6.50. The van der Waals surface area contributed by atoms with Crippen LogP contribution >= 0.6 is 0 Å². The van der Waals surface area contributed by atoms with Crippen molar-refractivity contribution in [2.75, 3.05) is 27.4 Å². The van der Waals surface area contributed by atoms with E-state index in [1.165, 1.54) is 12.1 Å². The average Bonchev–Trinajstić information content (AvgIpc) is 3.06. The number of aliphatic hydroxyl groups is 1. The van der Waals surface area contributed by atoms with Crippen LogP contribution in [0.3, 0.4) is 0 Å². The molecule has 1 saturated heterocycles. The molecule has 1 aliphatic heterocycles. The molecule has 28 heavy (non-hydrogen) atoms. The second-order valence-electron chi connectivity index (χ2n) is 6.36. The van der Waals surface area contributed by atoms with Gasteiger partial charge in [-0.25, -0.2) is 8.42 Å². The minimum atomic E-state index is -3.95. The van der Waals surface area contributed by atoms with Crippen LogP contribution in [0.15, 0.2) is 29.2 Å². The second kappa shape index (κ2) is 9.35. The highest BCUT2D eigenvalue weighted by molar-refractivity contribution is 7.89. The quantitative estimate of drug-likeness (QED) is 0.483. The number of ether oxygens (including phenoxy) is 3. The molecule has 1 heterocycles. The summed E-state index contributed by atoms with van der Waals surface area (Å²) >= 11 is 0. The fraction of sp³-hybridized carbons (Fsp3) is 0.556. The predicted octanol–water partition coefficient (Wildman–Crippen LogP) is 0.562. The van der Waals surface area contributed by atoms with Crippen molar-refractivity contribution >= 4 is 22.0 Å². The van der Waals surface area contributed by atoms with Crippen LogP contribution in [-0.4, -0.2) is 69.3 Å². The van der Waals surface area contributed by atoms with Crippen molar-refractivity contribution in [3.05, 3.63) is 24.3 Å². The number of nitrogens with zero attached hydrogens (tertiary/aromatic N) is 1. The Balaban J connectivity index is 2.28. The van der Waals surface area contributed by atoms with Gasteiger partial charge in [0.1, 0.15) is 5.75 Å². The maximum Gasteiger partial charge on any atom is 0.320 e. The van der Waals surface area contributed by atoms with Gasteiger partial charge in [0.25, 0.3) is 0 Å². The molecule has 10 heteroatoms. The zero-order chi connectivity index (χ0) is 20.9. The van der Waals surface area contributed by atoms with Crippen molar-refractivity contribution in [1.82, 2.24) is 4.31 Å². The molecule has 0 amide bonds. The Morgan fingerprint density at radius 2 is 1.75 bits per heavy atom. The molecule has 0 saturated carbocycles. The molecule has 0 aliphatic carbocycles. The van der Waals surface area contributed by atoms with Gasteiger partial charge in [-0.1, -0.05) is 0 Å². The second-order valence-corrected chi connectivity index (χ2v) is 8.25. The average molecular weight is 415 g/mol. The van der Waals surface area contributed by atoms with E-state index in [0.717, 1.165) is 18.5 Å². The van der Waals surface area contributed by atoms with E-state index in [1.54, 1.807) is 12.1 Å². The maximum absolute atomic E-state index is 13.1. The van der Waals surface area contributed by atoms with Crippen LogP contribution in [0.5, 0.6) is 5.75 Å². The van der Waals surface area contributed by atoms with Crippen molar-refractivity contribution in [2.45, 2.75) is 36.8 Å². The SMILES string of the molecule is CCOc1ccc(S(=O)(=O)N2C[C@@H](O)C[C@@H]2CC(C(=O)OC)C(=O)OC)cc1. The summed E-state index contributed by atoms with van der Waals surface area (Å²) in [6.45, 7) is 2.14. The van der Waals surface area contributed by atoms with E-state index < -0.39 is 40.0 Å². The Morgan fingerprint density at radius 1 is 1.18 bits per heavy atom. The first-order valence-electron chi connectivity index (χ1n) is 8.83. The van der Waals surface area contributed by atoms with Gasteiger partial charge in [-0.2, -0.15) is 4.31 Å². The number of aliphatic hydroxyl groups excluding tert-OH is 1. The Kier molecular flexibility index (Phi) is 7.39. The van der Waals surface area contributed by atoms with Gasteiger partial charge >= 0.3 is 11.9 Å². The first-order valence-corrected chi connectivity index (χ1v) is 10.3. The van der Waals surface area contributed by atoms with Gasteiger partial charge in [0.2, 0.25) is 10.0 Å². The van der Waals surface area contributed by atoms with Crippen LogP contribution in [0.4, 0.5) is 0 Å². The first-order chi connectivity index (χ1) is 13.2. The molecule has 1 N–H and O–H groups in total. The van der Waals surface area contributed by atoms with E-state index in [0.29, 0.717) is 12.4 Å². The molecule has 0 unspecified atom stereocenters. The highest BCUT2D eigenvalue weighted by Gasteiger charge is 2.43. The Morgan fingerprint density at radius 3 is 2.25 bits per heavy atom. The van der Waals surface area contributed by atoms with E-state index >= 15 is 0 Å². The van der Waals surface area contributed by atoms with Crippen molar-refractivity contribution in [1.29, 1.82) is 0 Å². The van der Waals surface area contributed by atoms with Crippen LogP contribution in [-0.2, 0) is 29.1 Å². The molecule has 2 rings (SSSR count). The lowest BCUT2D eigenvalue weighted by Crippen LogP contribution is -2.40. The topological polar surface area (TPSA) is 119 Å². The Hall–Kier alpha value is -2.17. The molecule has 1 aliphatic rings. The number of sulfonamides is 1. The summed E-state index contributed by atoms with van der Waals surface area (Å²) < 4.78 is 41.8. The van der Waals surface area contributed by atoms with Gasteiger partial charge in [-0.3, -0.25) is 9.59 Å². The number of carbonyl (C=O) groups excluding carboxylic acids is 2. The van der Waals surface area contributed by atoms with Crippen molar-refractivity contribution in [2.24, 2.45) is 5.92 Å². The number of carbonyl (C=O) groups is 2. The Labute approximate surface area is 164 Å². The van der Waals surface area contributed by atoms with E-state index in [4.69, 9.17) is 4.74 Å². The highest BCUT2D eigenvalue weighted by atomic mass is 32.2. The zero-order valence-electron chi connectivity index (χ0n) is 16.0. The van der Waals surface area contributed by atoms with Crippen molar-refractivity contribution in [3.8, 4) is 5.75 Å². The van der Waals surface area contributed by atoms with E-state index in [1.807, 2.05) is 6.92 Å². The molecular formula is C18H25NO8S. The van der Waals surface area contributed by atoms with Crippen LogP contribution in [0.25, 0.3) is 0 Å². The number of hydrogen-bond donors (Lipinski definition) is 1. The zero-order valence-corrected chi connectivity index (χ0v) is 16.8. The number of methoxy groups -OCH3 is 2. The number of rotatable bonds is 8. The molecule has 0 bridgehead atoms. The third-order valence-electron chi connectivity index (χ3n) is 4.56. The van der Waals surface area contributed by atoms with Crippen molar-refractivity contribution in [3.63, 3.8) is 0 Å². The molecule has 1 fully saturated rings. The Bertz CT molecular complexity index is 776. The fourth-order valence-corrected chi connectivity index (χ4v) is 4.91.